The van der Waals surface area contributed by atoms with Gasteiger partial charge in [-0.25, -0.2) is 0 Å². The predicted octanol–water partition coefficient (Wildman–Crippen LogP) is 3.10. The maximum absolute atomic E-state index is 6.00. The zero-order valence-electron chi connectivity index (χ0n) is 7.65. The molecule has 2 heteroatoms. The Morgan fingerprint density at radius 3 is 2.50 bits per heavy atom. The summed E-state index contributed by atoms with van der Waals surface area (Å²) in [6.45, 7) is 4.70. The van der Waals surface area contributed by atoms with E-state index in [1.165, 1.54) is 5.56 Å². The zero-order valence-corrected chi connectivity index (χ0v) is 8.40. The lowest BCUT2D eigenvalue weighted by Crippen LogP contribution is -1.91. The van der Waals surface area contributed by atoms with Gasteiger partial charge >= 0.3 is 0 Å². The molecule has 0 amide bonds. The summed E-state index contributed by atoms with van der Waals surface area (Å²) in [5.41, 5.74) is 3.50. The van der Waals surface area contributed by atoms with Gasteiger partial charge in [-0.05, 0) is 36.6 Å². The molecule has 0 radical (unpaired) electrons. The van der Waals surface area contributed by atoms with Crippen molar-refractivity contribution in [3.63, 3.8) is 0 Å². The van der Waals surface area contributed by atoms with Crippen LogP contribution in [0.4, 0.5) is 0 Å². The minimum Gasteiger partial charge on any atom is -0.380 e. The average Bonchev–Trinajstić information content (AvgIpc) is 2.01. The van der Waals surface area contributed by atoms with Crippen LogP contribution in [0.15, 0.2) is 12.1 Å². The third-order valence-corrected chi connectivity index (χ3v) is 2.37. The van der Waals surface area contributed by atoms with Crippen LogP contribution >= 0.6 is 11.6 Å². The Hall–Kier alpha value is -0.530. The van der Waals surface area contributed by atoms with Crippen molar-refractivity contribution in [2.24, 2.45) is 0 Å². The smallest absolute Gasteiger partial charge is 0.0713 e. The second-order valence-corrected chi connectivity index (χ2v) is 3.36. The first-order valence-corrected chi connectivity index (χ1v) is 4.27. The molecule has 0 aliphatic rings. The van der Waals surface area contributed by atoms with Crippen molar-refractivity contribution >= 4 is 11.6 Å². The Balaban J connectivity index is 3.04. The number of rotatable bonds is 2. The maximum atomic E-state index is 6.00. The number of ether oxygens (including phenoxy) is 1. The number of hydrogen-bond donors (Lipinski definition) is 0. The fourth-order valence-electron chi connectivity index (χ4n) is 1.14. The highest BCUT2D eigenvalue weighted by molar-refractivity contribution is 6.31. The standard InChI is InChI=1S/C10H13ClO/c1-7-4-9(6-12-3)5-10(11)8(7)2/h4-5H,6H2,1-3H3. The molecule has 0 saturated heterocycles. The first-order chi connectivity index (χ1) is 5.65. The molecule has 0 heterocycles. The van der Waals surface area contributed by atoms with Crippen LogP contribution in [0.1, 0.15) is 16.7 Å². The van der Waals surface area contributed by atoms with E-state index in [4.69, 9.17) is 16.3 Å². The quantitative estimate of drug-likeness (QED) is 0.687. The van der Waals surface area contributed by atoms with E-state index in [2.05, 4.69) is 13.0 Å². The van der Waals surface area contributed by atoms with Gasteiger partial charge in [0, 0.05) is 12.1 Å². The van der Waals surface area contributed by atoms with Gasteiger partial charge in [0.05, 0.1) is 6.61 Å². The lowest BCUT2D eigenvalue weighted by molar-refractivity contribution is 0.185. The summed E-state index contributed by atoms with van der Waals surface area (Å²) < 4.78 is 5.02. The molecule has 0 aliphatic heterocycles. The highest BCUT2D eigenvalue weighted by Gasteiger charge is 2.01. The summed E-state index contributed by atoms with van der Waals surface area (Å²) in [5.74, 6) is 0. The van der Waals surface area contributed by atoms with Crippen molar-refractivity contribution in [1.29, 1.82) is 0 Å². The molecule has 0 saturated carbocycles. The molecular formula is C10H13ClO. The molecule has 66 valence electrons. The van der Waals surface area contributed by atoms with E-state index < -0.39 is 0 Å². The van der Waals surface area contributed by atoms with Gasteiger partial charge in [-0.1, -0.05) is 17.7 Å². The van der Waals surface area contributed by atoms with Crippen molar-refractivity contribution in [2.45, 2.75) is 20.5 Å². The molecule has 1 aromatic rings. The van der Waals surface area contributed by atoms with Gasteiger partial charge in [-0.15, -0.1) is 0 Å². The molecule has 1 nitrogen and oxygen atoms in total. The van der Waals surface area contributed by atoms with Crippen molar-refractivity contribution in [1.82, 2.24) is 0 Å². The minimum absolute atomic E-state index is 0.626. The molecule has 1 rings (SSSR count). The van der Waals surface area contributed by atoms with Gasteiger partial charge in [0.15, 0.2) is 0 Å². The highest BCUT2D eigenvalue weighted by atomic mass is 35.5. The van der Waals surface area contributed by atoms with Crippen LogP contribution in [0, 0.1) is 13.8 Å². The number of aryl methyl sites for hydroxylation is 1. The van der Waals surface area contributed by atoms with E-state index in [9.17, 15) is 0 Å². The molecule has 0 atom stereocenters. The van der Waals surface area contributed by atoms with E-state index in [0.717, 1.165) is 16.1 Å². The minimum atomic E-state index is 0.626. The average molecular weight is 185 g/mol. The molecule has 0 N–H and O–H groups in total. The second-order valence-electron chi connectivity index (χ2n) is 2.95. The van der Waals surface area contributed by atoms with Crippen molar-refractivity contribution < 1.29 is 4.74 Å². The molecule has 0 aliphatic carbocycles. The third kappa shape index (κ3) is 1.99. The molecular weight excluding hydrogens is 172 g/mol. The molecule has 0 bridgehead atoms. The second kappa shape index (κ2) is 3.92. The predicted molar refractivity (Wildman–Crippen MR) is 51.6 cm³/mol. The van der Waals surface area contributed by atoms with E-state index in [1.807, 2.05) is 13.0 Å². The van der Waals surface area contributed by atoms with Crippen LogP contribution < -0.4 is 0 Å². The SMILES string of the molecule is COCc1cc(C)c(C)c(Cl)c1. The van der Waals surface area contributed by atoms with Crippen molar-refractivity contribution in [3.05, 3.63) is 33.8 Å². The van der Waals surface area contributed by atoms with Crippen molar-refractivity contribution in [2.75, 3.05) is 7.11 Å². The molecule has 0 unspecified atom stereocenters. The first-order valence-electron chi connectivity index (χ1n) is 3.89. The van der Waals surface area contributed by atoms with Crippen LogP contribution in [-0.4, -0.2) is 7.11 Å². The third-order valence-electron chi connectivity index (χ3n) is 1.97. The van der Waals surface area contributed by atoms with Crippen LogP contribution in [0.25, 0.3) is 0 Å². The van der Waals surface area contributed by atoms with Crippen LogP contribution in [0.5, 0.6) is 0 Å². The first kappa shape index (κ1) is 9.56. The number of hydrogen-bond acceptors (Lipinski definition) is 1. The van der Waals surface area contributed by atoms with Crippen molar-refractivity contribution in [3.8, 4) is 0 Å². The topological polar surface area (TPSA) is 9.23 Å². The monoisotopic (exact) mass is 184 g/mol. The van der Waals surface area contributed by atoms with Gasteiger partial charge in [-0.2, -0.15) is 0 Å². The summed E-state index contributed by atoms with van der Waals surface area (Å²) in [6.07, 6.45) is 0. The molecule has 12 heavy (non-hydrogen) atoms. The largest absolute Gasteiger partial charge is 0.380 e. The Morgan fingerprint density at radius 1 is 1.33 bits per heavy atom. The number of halogens is 1. The fraction of sp³-hybridized carbons (Fsp3) is 0.400. The van der Waals surface area contributed by atoms with E-state index in [1.54, 1.807) is 7.11 Å². The Morgan fingerprint density at radius 2 is 2.00 bits per heavy atom. The zero-order chi connectivity index (χ0) is 9.14. The Bertz CT molecular complexity index is 258. The summed E-state index contributed by atoms with van der Waals surface area (Å²) in [5, 5.41) is 0.821. The van der Waals surface area contributed by atoms with Gasteiger partial charge in [0.2, 0.25) is 0 Å². The lowest BCUT2D eigenvalue weighted by atomic mass is 10.1. The molecule has 0 fully saturated rings. The highest BCUT2D eigenvalue weighted by Crippen LogP contribution is 2.21. The molecule has 0 spiro atoms. The molecule has 0 aromatic heterocycles. The van der Waals surface area contributed by atoms with Crippen LogP contribution in [-0.2, 0) is 11.3 Å². The number of methoxy groups -OCH3 is 1. The normalized spacial score (nSPS) is 10.3. The van der Waals surface area contributed by atoms with Gasteiger partial charge in [-0.3, -0.25) is 0 Å². The van der Waals surface area contributed by atoms with Crippen LogP contribution in [0.3, 0.4) is 0 Å². The van der Waals surface area contributed by atoms with Gasteiger partial charge in [0.1, 0.15) is 0 Å². The number of benzene rings is 1. The fourth-order valence-corrected chi connectivity index (χ4v) is 1.43. The van der Waals surface area contributed by atoms with Gasteiger partial charge < -0.3 is 4.74 Å². The van der Waals surface area contributed by atoms with E-state index in [-0.39, 0.29) is 0 Å². The van der Waals surface area contributed by atoms with Crippen LogP contribution in [0.2, 0.25) is 5.02 Å². The Kier molecular flexibility index (Phi) is 3.12. The molecule has 1 aromatic carbocycles. The van der Waals surface area contributed by atoms with E-state index in [0.29, 0.717) is 6.61 Å². The maximum Gasteiger partial charge on any atom is 0.0713 e. The van der Waals surface area contributed by atoms with E-state index >= 15 is 0 Å². The summed E-state index contributed by atoms with van der Waals surface area (Å²) >= 11 is 6.00. The lowest BCUT2D eigenvalue weighted by Gasteiger charge is -2.06. The summed E-state index contributed by atoms with van der Waals surface area (Å²) in [6, 6.07) is 4.05. The summed E-state index contributed by atoms with van der Waals surface area (Å²) in [4.78, 5) is 0. The van der Waals surface area contributed by atoms with Gasteiger partial charge in [0.25, 0.3) is 0 Å². The Labute approximate surface area is 78.3 Å². The summed E-state index contributed by atoms with van der Waals surface area (Å²) in [7, 11) is 1.68.